The first-order valence-corrected chi connectivity index (χ1v) is 8.41. The van der Waals surface area contributed by atoms with Crippen molar-refractivity contribution in [1.29, 1.82) is 0 Å². The van der Waals surface area contributed by atoms with Gasteiger partial charge in [-0.05, 0) is 56.6 Å². The summed E-state index contributed by atoms with van der Waals surface area (Å²) in [6, 6.07) is 9.85. The van der Waals surface area contributed by atoms with E-state index in [-0.39, 0.29) is 0 Å². The lowest BCUT2D eigenvalue weighted by Gasteiger charge is -2.30. The van der Waals surface area contributed by atoms with Gasteiger partial charge in [0.2, 0.25) is 0 Å². The van der Waals surface area contributed by atoms with Gasteiger partial charge in [-0.25, -0.2) is 0 Å². The molecule has 106 valence electrons. The first kappa shape index (κ1) is 14.9. The number of benzene rings is 1. The highest BCUT2D eigenvalue weighted by molar-refractivity contribution is 7.98. The third-order valence-corrected chi connectivity index (χ3v) is 4.85. The highest BCUT2D eigenvalue weighted by Gasteiger charge is 2.21. The fourth-order valence-corrected chi connectivity index (χ4v) is 3.14. The number of rotatable bonds is 5. The highest BCUT2D eigenvalue weighted by Crippen LogP contribution is 2.23. The van der Waals surface area contributed by atoms with Crippen molar-refractivity contribution in [3.8, 4) is 0 Å². The Balaban J connectivity index is 1.89. The molecule has 19 heavy (non-hydrogen) atoms. The summed E-state index contributed by atoms with van der Waals surface area (Å²) in [5.41, 5.74) is 1.37. The van der Waals surface area contributed by atoms with Crippen LogP contribution in [-0.2, 0) is 4.74 Å². The molecular formula is C16H25NOS. The largest absolute Gasteiger partial charge is 0.381 e. The Hall–Kier alpha value is -0.510. The number of hydrogen-bond acceptors (Lipinski definition) is 3. The smallest absolute Gasteiger partial charge is 0.0469 e. The van der Waals surface area contributed by atoms with Gasteiger partial charge in [0.05, 0.1) is 0 Å². The van der Waals surface area contributed by atoms with Crippen molar-refractivity contribution in [3.63, 3.8) is 0 Å². The summed E-state index contributed by atoms with van der Waals surface area (Å²) >= 11 is 1.79. The third-order valence-electron chi connectivity index (χ3n) is 4.10. The van der Waals surface area contributed by atoms with Crippen LogP contribution in [0.25, 0.3) is 0 Å². The standard InChI is InChI=1S/C16H25NOS/c1-12(14-4-6-16(19-3)7-5-14)17-13(2)15-8-10-18-11-9-15/h4-7,12-13,15,17H,8-11H2,1-3H3. The Bertz CT molecular complexity index is 373. The highest BCUT2D eigenvalue weighted by atomic mass is 32.2. The van der Waals surface area contributed by atoms with Gasteiger partial charge in [-0.3, -0.25) is 0 Å². The van der Waals surface area contributed by atoms with Crippen molar-refractivity contribution in [2.24, 2.45) is 5.92 Å². The molecular weight excluding hydrogens is 254 g/mol. The molecule has 0 aromatic heterocycles. The average Bonchev–Trinajstić information content (AvgIpc) is 2.48. The average molecular weight is 279 g/mol. The van der Waals surface area contributed by atoms with Crippen LogP contribution in [0.3, 0.4) is 0 Å². The van der Waals surface area contributed by atoms with Gasteiger partial charge in [0.15, 0.2) is 0 Å². The fraction of sp³-hybridized carbons (Fsp3) is 0.625. The van der Waals surface area contributed by atoms with E-state index in [4.69, 9.17) is 4.74 Å². The molecule has 1 aliphatic heterocycles. The zero-order chi connectivity index (χ0) is 13.7. The van der Waals surface area contributed by atoms with E-state index in [2.05, 4.69) is 49.7 Å². The number of thioether (sulfide) groups is 1. The minimum Gasteiger partial charge on any atom is -0.381 e. The van der Waals surface area contributed by atoms with Crippen molar-refractivity contribution in [3.05, 3.63) is 29.8 Å². The Kier molecular flexibility index (Phi) is 5.74. The Morgan fingerprint density at radius 2 is 1.79 bits per heavy atom. The summed E-state index contributed by atoms with van der Waals surface area (Å²) in [7, 11) is 0. The summed E-state index contributed by atoms with van der Waals surface area (Å²) in [4.78, 5) is 1.33. The molecule has 1 aromatic carbocycles. The van der Waals surface area contributed by atoms with Gasteiger partial charge in [-0.1, -0.05) is 12.1 Å². The summed E-state index contributed by atoms with van der Waals surface area (Å²) in [6.45, 7) is 6.41. The van der Waals surface area contributed by atoms with Gasteiger partial charge in [-0.2, -0.15) is 0 Å². The normalized spacial score (nSPS) is 20.2. The minimum atomic E-state index is 0.411. The topological polar surface area (TPSA) is 21.3 Å². The van der Waals surface area contributed by atoms with Crippen LogP contribution in [0.1, 0.15) is 38.3 Å². The Morgan fingerprint density at radius 3 is 2.37 bits per heavy atom. The first-order chi connectivity index (χ1) is 9.20. The van der Waals surface area contributed by atoms with Gasteiger partial charge in [-0.15, -0.1) is 11.8 Å². The van der Waals surface area contributed by atoms with Crippen LogP contribution in [0, 0.1) is 5.92 Å². The summed E-state index contributed by atoms with van der Waals surface area (Å²) < 4.78 is 5.43. The molecule has 0 radical (unpaired) electrons. The summed E-state index contributed by atoms with van der Waals surface area (Å²) in [5, 5.41) is 3.74. The molecule has 0 bridgehead atoms. The van der Waals surface area contributed by atoms with Gasteiger partial charge >= 0.3 is 0 Å². The number of ether oxygens (including phenoxy) is 1. The molecule has 1 heterocycles. The molecule has 1 saturated heterocycles. The van der Waals surface area contributed by atoms with E-state index in [0.29, 0.717) is 12.1 Å². The molecule has 2 atom stereocenters. The quantitative estimate of drug-likeness (QED) is 0.827. The lowest BCUT2D eigenvalue weighted by atomic mass is 9.92. The molecule has 2 nitrogen and oxygen atoms in total. The zero-order valence-corrected chi connectivity index (χ0v) is 13.0. The van der Waals surface area contributed by atoms with Crippen LogP contribution in [0.2, 0.25) is 0 Å². The van der Waals surface area contributed by atoms with E-state index >= 15 is 0 Å². The fourth-order valence-electron chi connectivity index (χ4n) is 2.74. The predicted octanol–water partition coefficient (Wildman–Crippen LogP) is 3.87. The van der Waals surface area contributed by atoms with Gasteiger partial charge in [0.25, 0.3) is 0 Å². The third kappa shape index (κ3) is 4.23. The predicted molar refractivity (Wildman–Crippen MR) is 82.8 cm³/mol. The molecule has 1 aliphatic rings. The molecule has 3 heteroatoms. The van der Waals surface area contributed by atoms with Crippen molar-refractivity contribution >= 4 is 11.8 Å². The molecule has 0 aliphatic carbocycles. The van der Waals surface area contributed by atoms with E-state index in [9.17, 15) is 0 Å². The van der Waals surface area contributed by atoms with Crippen molar-refractivity contribution in [1.82, 2.24) is 5.32 Å². The van der Waals surface area contributed by atoms with Crippen LogP contribution in [0.15, 0.2) is 29.2 Å². The second-order valence-corrected chi connectivity index (χ2v) is 6.28. The molecule has 1 fully saturated rings. The molecule has 1 N–H and O–H groups in total. The second-order valence-electron chi connectivity index (χ2n) is 5.40. The van der Waals surface area contributed by atoms with Crippen molar-refractivity contribution < 1.29 is 4.74 Å². The van der Waals surface area contributed by atoms with Gasteiger partial charge < -0.3 is 10.1 Å². The summed E-state index contributed by atoms with van der Waals surface area (Å²) in [6.07, 6.45) is 4.49. The Morgan fingerprint density at radius 1 is 1.16 bits per heavy atom. The zero-order valence-electron chi connectivity index (χ0n) is 12.2. The lowest BCUT2D eigenvalue weighted by Crippen LogP contribution is -2.38. The van der Waals surface area contributed by atoms with Gasteiger partial charge in [0.1, 0.15) is 0 Å². The van der Waals surface area contributed by atoms with E-state index in [1.165, 1.54) is 23.3 Å². The molecule has 0 amide bonds. The second kappa shape index (κ2) is 7.32. The maximum Gasteiger partial charge on any atom is 0.0469 e. The molecule has 1 aromatic rings. The van der Waals surface area contributed by atoms with E-state index in [1.54, 1.807) is 11.8 Å². The van der Waals surface area contributed by atoms with Crippen LogP contribution < -0.4 is 5.32 Å². The van der Waals surface area contributed by atoms with Crippen LogP contribution in [0.4, 0.5) is 0 Å². The first-order valence-electron chi connectivity index (χ1n) is 7.18. The molecule has 0 saturated carbocycles. The SMILES string of the molecule is CSc1ccc(C(C)NC(C)C2CCOCC2)cc1. The van der Waals surface area contributed by atoms with Crippen molar-refractivity contribution in [2.75, 3.05) is 19.5 Å². The number of nitrogens with one attached hydrogen (secondary N) is 1. The minimum absolute atomic E-state index is 0.411. The van der Waals surface area contributed by atoms with Crippen LogP contribution >= 0.6 is 11.8 Å². The van der Waals surface area contributed by atoms with E-state index < -0.39 is 0 Å². The van der Waals surface area contributed by atoms with Crippen molar-refractivity contribution in [2.45, 2.75) is 43.7 Å². The molecule has 0 spiro atoms. The number of hydrogen-bond donors (Lipinski definition) is 1. The van der Waals surface area contributed by atoms with E-state index in [0.717, 1.165) is 19.1 Å². The summed E-state index contributed by atoms with van der Waals surface area (Å²) in [5.74, 6) is 0.752. The van der Waals surface area contributed by atoms with Crippen LogP contribution in [0.5, 0.6) is 0 Å². The lowest BCUT2D eigenvalue weighted by molar-refractivity contribution is 0.0547. The Labute approximate surface area is 121 Å². The monoisotopic (exact) mass is 279 g/mol. The maximum atomic E-state index is 5.43. The molecule has 2 rings (SSSR count). The molecule has 2 unspecified atom stereocenters. The van der Waals surface area contributed by atoms with Crippen LogP contribution in [-0.4, -0.2) is 25.5 Å². The van der Waals surface area contributed by atoms with E-state index in [1.807, 2.05) is 0 Å². The maximum absolute atomic E-state index is 5.43. The van der Waals surface area contributed by atoms with Gasteiger partial charge in [0, 0.05) is 30.2 Å².